The molecule has 0 aliphatic heterocycles. The van der Waals surface area contributed by atoms with E-state index in [-0.39, 0.29) is 11.2 Å². The van der Waals surface area contributed by atoms with E-state index in [1.54, 1.807) is 7.11 Å². The van der Waals surface area contributed by atoms with Crippen molar-refractivity contribution in [1.82, 2.24) is 0 Å². The zero-order chi connectivity index (χ0) is 11.8. The molecule has 0 atom stereocenters. The third-order valence-electron chi connectivity index (χ3n) is 3.34. The largest absolute Gasteiger partial charge is 0.503 e. The SMILES string of the molecule is COc1cc(C2(CCN)CC2)cc(Br)c1O. The third kappa shape index (κ3) is 1.92. The Hall–Kier alpha value is -0.740. The van der Waals surface area contributed by atoms with Gasteiger partial charge in [0, 0.05) is 0 Å². The van der Waals surface area contributed by atoms with Crippen molar-refractivity contribution >= 4 is 15.9 Å². The van der Waals surface area contributed by atoms with E-state index in [0.29, 0.717) is 16.8 Å². The summed E-state index contributed by atoms with van der Waals surface area (Å²) in [4.78, 5) is 0. The van der Waals surface area contributed by atoms with Gasteiger partial charge in [-0.05, 0) is 64.8 Å². The van der Waals surface area contributed by atoms with Gasteiger partial charge in [-0.25, -0.2) is 0 Å². The smallest absolute Gasteiger partial charge is 0.172 e. The molecule has 0 heterocycles. The van der Waals surface area contributed by atoms with E-state index in [4.69, 9.17) is 10.5 Å². The Bertz CT molecular complexity index is 402. The number of phenolic OH excluding ortho intramolecular Hbond substituents is 1. The number of methoxy groups -OCH3 is 1. The van der Waals surface area contributed by atoms with E-state index < -0.39 is 0 Å². The molecule has 88 valence electrons. The summed E-state index contributed by atoms with van der Waals surface area (Å²) in [5, 5.41) is 9.74. The lowest BCUT2D eigenvalue weighted by atomic mass is 9.92. The minimum atomic E-state index is 0.162. The maximum Gasteiger partial charge on any atom is 0.172 e. The lowest BCUT2D eigenvalue weighted by Gasteiger charge is -2.17. The number of phenols is 1. The van der Waals surface area contributed by atoms with Gasteiger partial charge in [0.15, 0.2) is 11.5 Å². The molecule has 0 unspecified atom stereocenters. The van der Waals surface area contributed by atoms with Gasteiger partial charge in [0.1, 0.15) is 0 Å². The number of halogens is 1. The van der Waals surface area contributed by atoms with Crippen molar-refractivity contribution in [2.45, 2.75) is 24.7 Å². The monoisotopic (exact) mass is 285 g/mol. The lowest BCUT2D eigenvalue weighted by molar-refractivity contribution is 0.370. The molecular formula is C12H16BrNO2. The van der Waals surface area contributed by atoms with E-state index in [1.807, 2.05) is 12.1 Å². The number of hydrogen-bond donors (Lipinski definition) is 2. The Balaban J connectivity index is 2.39. The summed E-state index contributed by atoms with van der Waals surface area (Å²) in [7, 11) is 1.56. The Labute approximate surface area is 104 Å². The first-order valence-electron chi connectivity index (χ1n) is 5.40. The molecule has 1 fully saturated rings. The summed E-state index contributed by atoms with van der Waals surface area (Å²) in [6.07, 6.45) is 3.34. The van der Waals surface area contributed by atoms with Crippen molar-refractivity contribution in [2.75, 3.05) is 13.7 Å². The molecule has 4 heteroatoms. The van der Waals surface area contributed by atoms with Gasteiger partial charge < -0.3 is 15.6 Å². The molecule has 1 aliphatic rings. The molecule has 0 radical (unpaired) electrons. The normalized spacial score (nSPS) is 17.2. The van der Waals surface area contributed by atoms with Gasteiger partial charge >= 0.3 is 0 Å². The second-order valence-electron chi connectivity index (χ2n) is 4.33. The molecule has 1 saturated carbocycles. The van der Waals surface area contributed by atoms with Gasteiger partial charge in [-0.15, -0.1) is 0 Å². The molecule has 0 bridgehead atoms. The molecule has 1 aromatic rings. The van der Waals surface area contributed by atoms with Crippen molar-refractivity contribution in [3.63, 3.8) is 0 Å². The highest BCUT2D eigenvalue weighted by atomic mass is 79.9. The van der Waals surface area contributed by atoms with E-state index in [0.717, 1.165) is 6.42 Å². The molecule has 3 nitrogen and oxygen atoms in total. The number of benzene rings is 1. The summed E-state index contributed by atoms with van der Waals surface area (Å²) in [5.74, 6) is 0.683. The zero-order valence-corrected chi connectivity index (χ0v) is 10.9. The Kier molecular flexibility index (Phi) is 3.13. The number of rotatable bonds is 4. The van der Waals surface area contributed by atoms with Crippen LogP contribution in [0.25, 0.3) is 0 Å². The summed E-state index contributed by atoms with van der Waals surface area (Å²) in [6, 6.07) is 3.89. The highest BCUT2D eigenvalue weighted by Gasteiger charge is 2.43. The van der Waals surface area contributed by atoms with Crippen molar-refractivity contribution < 1.29 is 9.84 Å². The van der Waals surface area contributed by atoms with Crippen LogP contribution in [0, 0.1) is 0 Å². The van der Waals surface area contributed by atoms with Crippen molar-refractivity contribution in [2.24, 2.45) is 5.73 Å². The predicted molar refractivity (Wildman–Crippen MR) is 66.9 cm³/mol. The standard InChI is InChI=1S/C12H16BrNO2/c1-16-10-7-8(6-9(13)11(10)15)12(2-3-12)4-5-14/h6-7,15H,2-5,14H2,1H3. The van der Waals surface area contributed by atoms with Crippen LogP contribution in [0.15, 0.2) is 16.6 Å². The van der Waals surface area contributed by atoms with E-state index in [1.165, 1.54) is 18.4 Å². The van der Waals surface area contributed by atoms with Gasteiger partial charge in [-0.3, -0.25) is 0 Å². The van der Waals surface area contributed by atoms with Crippen LogP contribution in [0.2, 0.25) is 0 Å². The average Bonchev–Trinajstić information content (AvgIpc) is 3.03. The number of aromatic hydroxyl groups is 1. The molecule has 2 rings (SSSR count). The van der Waals surface area contributed by atoms with Crippen LogP contribution in [-0.2, 0) is 5.41 Å². The van der Waals surface area contributed by atoms with Crippen LogP contribution in [0.3, 0.4) is 0 Å². The number of nitrogens with two attached hydrogens (primary N) is 1. The van der Waals surface area contributed by atoms with Crippen molar-refractivity contribution in [3.8, 4) is 11.5 Å². The van der Waals surface area contributed by atoms with Crippen LogP contribution >= 0.6 is 15.9 Å². The molecule has 3 N–H and O–H groups in total. The summed E-state index contributed by atoms with van der Waals surface area (Å²) < 4.78 is 5.84. The first kappa shape index (κ1) is 11.7. The molecule has 1 aliphatic carbocycles. The van der Waals surface area contributed by atoms with Crippen molar-refractivity contribution in [1.29, 1.82) is 0 Å². The minimum absolute atomic E-state index is 0.162. The zero-order valence-electron chi connectivity index (χ0n) is 9.29. The van der Waals surface area contributed by atoms with E-state index in [9.17, 15) is 5.11 Å². The molecule has 0 amide bonds. The van der Waals surface area contributed by atoms with Gasteiger partial charge in [-0.2, -0.15) is 0 Å². The van der Waals surface area contributed by atoms with Crippen LogP contribution < -0.4 is 10.5 Å². The second kappa shape index (κ2) is 4.26. The van der Waals surface area contributed by atoms with Crippen LogP contribution in [0.4, 0.5) is 0 Å². The van der Waals surface area contributed by atoms with Gasteiger partial charge in [0.05, 0.1) is 11.6 Å². The number of ether oxygens (including phenoxy) is 1. The maximum atomic E-state index is 9.74. The summed E-state index contributed by atoms with van der Waals surface area (Å²) in [5.41, 5.74) is 7.07. The minimum Gasteiger partial charge on any atom is -0.503 e. The third-order valence-corrected chi connectivity index (χ3v) is 3.94. The molecule has 0 spiro atoms. The second-order valence-corrected chi connectivity index (χ2v) is 5.18. The summed E-state index contributed by atoms with van der Waals surface area (Å²) >= 11 is 3.35. The first-order chi connectivity index (χ1) is 7.63. The fraction of sp³-hybridized carbons (Fsp3) is 0.500. The first-order valence-corrected chi connectivity index (χ1v) is 6.19. The topological polar surface area (TPSA) is 55.5 Å². The van der Waals surface area contributed by atoms with Gasteiger partial charge in [-0.1, -0.05) is 0 Å². The average molecular weight is 286 g/mol. The Morgan fingerprint density at radius 1 is 1.50 bits per heavy atom. The maximum absolute atomic E-state index is 9.74. The van der Waals surface area contributed by atoms with Crippen LogP contribution in [-0.4, -0.2) is 18.8 Å². The number of hydrogen-bond acceptors (Lipinski definition) is 3. The summed E-state index contributed by atoms with van der Waals surface area (Å²) in [6.45, 7) is 0.695. The quantitative estimate of drug-likeness (QED) is 0.894. The lowest BCUT2D eigenvalue weighted by Crippen LogP contribution is -2.13. The molecule has 16 heavy (non-hydrogen) atoms. The Morgan fingerprint density at radius 3 is 2.69 bits per heavy atom. The predicted octanol–water partition coefficient (Wildman–Crippen LogP) is 2.54. The highest BCUT2D eigenvalue weighted by molar-refractivity contribution is 9.10. The molecular weight excluding hydrogens is 270 g/mol. The highest BCUT2D eigenvalue weighted by Crippen LogP contribution is 2.53. The van der Waals surface area contributed by atoms with E-state index in [2.05, 4.69) is 15.9 Å². The Morgan fingerprint density at radius 2 is 2.19 bits per heavy atom. The van der Waals surface area contributed by atoms with Gasteiger partial charge in [0.2, 0.25) is 0 Å². The van der Waals surface area contributed by atoms with E-state index >= 15 is 0 Å². The molecule has 0 saturated heterocycles. The molecule has 0 aromatic heterocycles. The van der Waals surface area contributed by atoms with Crippen LogP contribution in [0.1, 0.15) is 24.8 Å². The van der Waals surface area contributed by atoms with Crippen LogP contribution in [0.5, 0.6) is 11.5 Å². The van der Waals surface area contributed by atoms with Crippen molar-refractivity contribution in [3.05, 3.63) is 22.2 Å². The fourth-order valence-electron chi connectivity index (χ4n) is 2.15. The molecule has 1 aromatic carbocycles. The van der Waals surface area contributed by atoms with Gasteiger partial charge in [0.25, 0.3) is 0 Å². The fourth-order valence-corrected chi connectivity index (χ4v) is 2.59.